The molecule has 0 saturated heterocycles. The van der Waals surface area contributed by atoms with E-state index in [0.717, 1.165) is 0 Å². The molecular formula is C15H16. The van der Waals surface area contributed by atoms with E-state index in [4.69, 9.17) is 0 Å². The van der Waals surface area contributed by atoms with Crippen LogP contribution in [0.3, 0.4) is 0 Å². The summed E-state index contributed by atoms with van der Waals surface area (Å²) in [6, 6.07) is 10.3. The van der Waals surface area contributed by atoms with Crippen LogP contribution in [0.2, 0.25) is 0 Å². The molecule has 1 rings (SSSR count). The maximum atomic E-state index is 2.08. The maximum absolute atomic E-state index is 2.08. The van der Waals surface area contributed by atoms with E-state index < -0.39 is 0 Å². The lowest BCUT2D eigenvalue weighted by molar-refractivity contribution is 1.66. The molecule has 0 aliphatic carbocycles. The quantitative estimate of drug-likeness (QED) is 0.626. The first-order chi connectivity index (χ1) is 7.43. The second-order valence-corrected chi connectivity index (χ2v) is 3.07. The van der Waals surface area contributed by atoms with Crippen molar-refractivity contribution in [3.05, 3.63) is 78.4 Å². The van der Waals surface area contributed by atoms with Crippen molar-refractivity contribution in [1.82, 2.24) is 0 Å². The lowest BCUT2D eigenvalue weighted by Crippen LogP contribution is -1.66. The average Bonchev–Trinajstić information content (AvgIpc) is 2.29. The van der Waals surface area contributed by atoms with Gasteiger partial charge in [-0.25, -0.2) is 0 Å². The fourth-order valence-electron chi connectivity index (χ4n) is 1.10. The highest BCUT2D eigenvalue weighted by Crippen LogP contribution is 2.00. The van der Waals surface area contributed by atoms with Crippen LogP contribution in [0.1, 0.15) is 12.5 Å². The average molecular weight is 196 g/mol. The summed E-state index contributed by atoms with van der Waals surface area (Å²) >= 11 is 0. The van der Waals surface area contributed by atoms with Gasteiger partial charge in [-0.1, -0.05) is 78.9 Å². The first-order valence-corrected chi connectivity index (χ1v) is 5.11. The lowest BCUT2D eigenvalue weighted by Gasteiger charge is -1.87. The lowest BCUT2D eigenvalue weighted by atomic mass is 10.2. The minimum Gasteiger partial charge on any atom is -0.0877 e. The SMILES string of the molecule is C/C=C/C=C/C=C\C=C/c1ccccc1. The fourth-order valence-corrected chi connectivity index (χ4v) is 1.10. The van der Waals surface area contributed by atoms with Crippen LogP contribution in [-0.2, 0) is 0 Å². The molecule has 15 heavy (non-hydrogen) atoms. The summed E-state index contributed by atoms with van der Waals surface area (Å²) in [7, 11) is 0. The molecule has 0 amide bonds. The molecule has 0 bridgehead atoms. The number of benzene rings is 1. The topological polar surface area (TPSA) is 0 Å². The van der Waals surface area contributed by atoms with Gasteiger partial charge in [-0.05, 0) is 12.5 Å². The highest BCUT2D eigenvalue weighted by molar-refractivity contribution is 5.50. The van der Waals surface area contributed by atoms with E-state index in [-0.39, 0.29) is 0 Å². The number of rotatable bonds is 4. The largest absolute Gasteiger partial charge is 0.0877 e. The molecule has 0 N–H and O–H groups in total. The summed E-state index contributed by atoms with van der Waals surface area (Å²) < 4.78 is 0. The summed E-state index contributed by atoms with van der Waals surface area (Å²) in [5, 5.41) is 0. The third-order valence-electron chi connectivity index (χ3n) is 1.84. The molecule has 0 radical (unpaired) electrons. The molecule has 0 aliphatic rings. The predicted octanol–water partition coefficient (Wildman–Crippen LogP) is 4.39. The van der Waals surface area contributed by atoms with Gasteiger partial charge >= 0.3 is 0 Å². The molecule has 0 heteroatoms. The summed E-state index contributed by atoms with van der Waals surface area (Å²) in [4.78, 5) is 0. The van der Waals surface area contributed by atoms with Gasteiger partial charge in [-0.3, -0.25) is 0 Å². The Morgan fingerprint density at radius 1 is 0.733 bits per heavy atom. The summed E-state index contributed by atoms with van der Waals surface area (Å²) in [6.45, 7) is 2.00. The van der Waals surface area contributed by atoms with E-state index in [9.17, 15) is 0 Å². The fraction of sp³-hybridized carbons (Fsp3) is 0.0667. The molecule has 1 aromatic carbocycles. The Morgan fingerprint density at radius 2 is 1.33 bits per heavy atom. The molecule has 1 aromatic rings. The van der Waals surface area contributed by atoms with Crippen LogP contribution in [0, 0.1) is 0 Å². The first kappa shape index (κ1) is 11.3. The Morgan fingerprint density at radius 3 is 2.00 bits per heavy atom. The van der Waals surface area contributed by atoms with Crippen molar-refractivity contribution in [2.75, 3.05) is 0 Å². The molecule has 0 spiro atoms. The van der Waals surface area contributed by atoms with Crippen molar-refractivity contribution >= 4 is 6.08 Å². The summed E-state index contributed by atoms with van der Waals surface area (Å²) in [5.41, 5.74) is 1.22. The van der Waals surface area contributed by atoms with Gasteiger partial charge in [0.15, 0.2) is 0 Å². The predicted molar refractivity (Wildman–Crippen MR) is 68.6 cm³/mol. The zero-order valence-electron chi connectivity index (χ0n) is 9.01. The van der Waals surface area contributed by atoms with E-state index >= 15 is 0 Å². The highest BCUT2D eigenvalue weighted by Gasteiger charge is 1.78. The molecule has 0 unspecified atom stereocenters. The van der Waals surface area contributed by atoms with Gasteiger partial charge in [0.25, 0.3) is 0 Å². The second-order valence-electron chi connectivity index (χ2n) is 3.07. The van der Waals surface area contributed by atoms with E-state index in [1.165, 1.54) is 5.56 Å². The van der Waals surface area contributed by atoms with Crippen molar-refractivity contribution in [3.63, 3.8) is 0 Å². The first-order valence-electron chi connectivity index (χ1n) is 5.11. The molecule has 76 valence electrons. The minimum absolute atomic E-state index is 1.22. The Labute approximate surface area is 92.0 Å². The highest BCUT2D eigenvalue weighted by atomic mass is 13.8. The zero-order chi connectivity index (χ0) is 10.8. The van der Waals surface area contributed by atoms with Crippen molar-refractivity contribution in [3.8, 4) is 0 Å². The minimum atomic E-state index is 1.22. The van der Waals surface area contributed by atoms with Crippen LogP contribution in [-0.4, -0.2) is 0 Å². The second kappa shape index (κ2) is 7.57. The Kier molecular flexibility index (Phi) is 5.68. The van der Waals surface area contributed by atoms with Crippen LogP contribution in [0.4, 0.5) is 0 Å². The third kappa shape index (κ3) is 5.48. The van der Waals surface area contributed by atoms with E-state index in [1.807, 2.05) is 67.7 Å². The van der Waals surface area contributed by atoms with Crippen LogP contribution in [0.15, 0.2) is 72.9 Å². The maximum Gasteiger partial charge on any atom is -0.0257 e. The van der Waals surface area contributed by atoms with Crippen LogP contribution < -0.4 is 0 Å². The van der Waals surface area contributed by atoms with Crippen molar-refractivity contribution < 1.29 is 0 Å². The molecule has 0 fully saturated rings. The van der Waals surface area contributed by atoms with Crippen molar-refractivity contribution in [1.29, 1.82) is 0 Å². The van der Waals surface area contributed by atoms with Gasteiger partial charge in [0, 0.05) is 0 Å². The summed E-state index contributed by atoms with van der Waals surface area (Å²) in [6.07, 6.45) is 16.2. The molecular weight excluding hydrogens is 180 g/mol. The standard InChI is InChI=1S/C15H16/c1-2-3-4-5-6-7-9-12-15-13-10-8-11-14-15/h2-14H,1H3/b3-2+,5-4+,7-6-,12-9-. The van der Waals surface area contributed by atoms with Gasteiger partial charge in [-0.15, -0.1) is 0 Å². The normalized spacial score (nSPS) is 12.6. The van der Waals surface area contributed by atoms with Crippen LogP contribution >= 0.6 is 0 Å². The summed E-state index contributed by atoms with van der Waals surface area (Å²) in [5.74, 6) is 0. The molecule has 0 aliphatic heterocycles. The van der Waals surface area contributed by atoms with Gasteiger partial charge < -0.3 is 0 Å². The Bertz CT molecular complexity index is 364. The van der Waals surface area contributed by atoms with Crippen molar-refractivity contribution in [2.45, 2.75) is 6.92 Å². The molecule has 0 atom stereocenters. The van der Waals surface area contributed by atoms with E-state index in [0.29, 0.717) is 0 Å². The number of hydrogen-bond donors (Lipinski definition) is 0. The molecule has 0 nitrogen and oxygen atoms in total. The van der Waals surface area contributed by atoms with Gasteiger partial charge in [0.2, 0.25) is 0 Å². The number of hydrogen-bond acceptors (Lipinski definition) is 0. The third-order valence-corrected chi connectivity index (χ3v) is 1.84. The smallest absolute Gasteiger partial charge is 0.0257 e. The number of allylic oxidation sites excluding steroid dienone is 7. The molecule has 0 heterocycles. The zero-order valence-corrected chi connectivity index (χ0v) is 9.01. The van der Waals surface area contributed by atoms with E-state index in [1.54, 1.807) is 0 Å². The van der Waals surface area contributed by atoms with Gasteiger partial charge in [-0.2, -0.15) is 0 Å². The monoisotopic (exact) mass is 196 g/mol. The molecule has 0 aromatic heterocycles. The van der Waals surface area contributed by atoms with Gasteiger partial charge in [0.1, 0.15) is 0 Å². The van der Waals surface area contributed by atoms with Crippen molar-refractivity contribution in [2.24, 2.45) is 0 Å². The Balaban J connectivity index is 2.40. The van der Waals surface area contributed by atoms with Crippen LogP contribution in [0.5, 0.6) is 0 Å². The molecule has 0 saturated carbocycles. The van der Waals surface area contributed by atoms with Gasteiger partial charge in [0.05, 0.1) is 0 Å². The van der Waals surface area contributed by atoms with Crippen LogP contribution in [0.25, 0.3) is 6.08 Å². The van der Waals surface area contributed by atoms with E-state index in [2.05, 4.69) is 18.2 Å². The Hall–Kier alpha value is -1.82.